The van der Waals surface area contributed by atoms with Gasteiger partial charge in [0.05, 0.1) is 23.3 Å². The predicted octanol–water partition coefficient (Wildman–Crippen LogP) is 3.74. The Hall–Kier alpha value is -3.32. The summed E-state index contributed by atoms with van der Waals surface area (Å²) in [5, 5.41) is 0. The summed E-state index contributed by atoms with van der Waals surface area (Å²) in [4.78, 5) is 12.5. The number of benzene rings is 3. The van der Waals surface area contributed by atoms with Crippen molar-refractivity contribution in [3.05, 3.63) is 84.4 Å². The predicted molar refractivity (Wildman–Crippen MR) is 106 cm³/mol. The lowest BCUT2D eigenvalue weighted by atomic mass is 10.2. The Labute approximate surface area is 164 Å². The van der Waals surface area contributed by atoms with E-state index in [1.807, 2.05) is 0 Å². The number of carbonyl (C=O) groups is 1. The molecule has 0 aliphatic rings. The first-order chi connectivity index (χ1) is 13.4. The number of esters is 1. The minimum atomic E-state index is -3.67. The highest BCUT2D eigenvalue weighted by molar-refractivity contribution is 7.92. The van der Waals surface area contributed by atoms with Crippen LogP contribution in [-0.4, -0.2) is 28.5 Å². The molecule has 0 amide bonds. The highest BCUT2D eigenvalue weighted by atomic mass is 32.2. The van der Waals surface area contributed by atoms with E-state index in [2.05, 4.69) is 0 Å². The van der Waals surface area contributed by atoms with Crippen LogP contribution < -0.4 is 13.8 Å². The van der Waals surface area contributed by atoms with Crippen molar-refractivity contribution < 1.29 is 22.7 Å². The Morgan fingerprint density at radius 3 is 2.18 bits per heavy atom. The number of hydrogen-bond donors (Lipinski definition) is 0. The van der Waals surface area contributed by atoms with Gasteiger partial charge in [0.1, 0.15) is 11.5 Å². The number of methoxy groups -OCH3 is 1. The molecule has 7 heteroatoms. The van der Waals surface area contributed by atoms with E-state index in [1.165, 1.54) is 30.6 Å². The van der Waals surface area contributed by atoms with Gasteiger partial charge in [0.2, 0.25) is 0 Å². The minimum Gasteiger partial charge on any atom is -0.497 e. The summed E-state index contributed by atoms with van der Waals surface area (Å²) in [5.74, 6) is 0.330. The van der Waals surface area contributed by atoms with E-state index in [9.17, 15) is 13.2 Å². The Morgan fingerprint density at radius 2 is 1.54 bits per heavy atom. The standard InChI is InChI=1S/C21H19NO5S/c1-22(28(24,25)20-9-4-3-5-10-20)17-11-13-18(14-12-17)27-21(23)16-7-6-8-19(15-16)26-2/h3-15H,1-2H3. The van der Waals surface area contributed by atoms with Crippen molar-refractivity contribution in [2.75, 3.05) is 18.5 Å². The molecule has 0 aromatic heterocycles. The molecule has 0 bridgehead atoms. The normalized spacial score (nSPS) is 10.9. The molecule has 0 aliphatic carbocycles. The minimum absolute atomic E-state index is 0.200. The monoisotopic (exact) mass is 397 g/mol. The van der Waals surface area contributed by atoms with E-state index in [4.69, 9.17) is 9.47 Å². The number of ether oxygens (including phenoxy) is 2. The Kier molecular flexibility index (Phi) is 5.65. The zero-order valence-corrected chi connectivity index (χ0v) is 16.2. The van der Waals surface area contributed by atoms with Crippen LogP contribution in [0.4, 0.5) is 5.69 Å². The van der Waals surface area contributed by atoms with E-state index in [1.54, 1.807) is 66.7 Å². The molecule has 0 saturated heterocycles. The zero-order valence-electron chi connectivity index (χ0n) is 15.4. The van der Waals surface area contributed by atoms with Gasteiger partial charge >= 0.3 is 5.97 Å². The third-order valence-electron chi connectivity index (χ3n) is 4.12. The summed E-state index contributed by atoms with van der Waals surface area (Å²) in [6.07, 6.45) is 0. The van der Waals surface area contributed by atoms with E-state index in [-0.39, 0.29) is 4.90 Å². The number of anilines is 1. The molecule has 0 heterocycles. The molecule has 0 atom stereocenters. The molecular weight excluding hydrogens is 378 g/mol. The second kappa shape index (κ2) is 8.14. The highest BCUT2D eigenvalue weighted by Gasteiger charge is 2.21. The van der Waals surface area contributed by atoms with Gasteiger partial charge in [0, 0.05) is 7.05 Å². The van der Waals surface area contributed by atoms with Gasteiger partial charge < -0.3 is 9.47 Å². The molecule has 3 aromatic carbocycles. The fourth-order valence-electron chi connectivity index (χ4n) is 2.53. The quantitative estimate of drug-likeness (QED) is 0.468. The lowest BCUT2D eigenvalue weighted by molar-refractivity contribution is 0.0734. The van der Waals surface area contributed by atoms with Crippen LogP contribution in [0.1, 0.15) is 10.4 Å². The molecule has 144 valence electrons. The second-order valence-electron chi connectivity index (χ2n) is 5.90. The van der Waals surface area contributed by atoms with E-state index in [0.29, 0.717) is 22.7 Å². The van der Waals surface area contributed by atoms with E-state index >= 15 is 0 Å². The van der Waals surface area contributed by atoms with Gasteiger partial charge in [0.15, 0.2) is 0 Å². The molecule has 0 saturated carbocycles. The van der Waals surface area contributed by atoms with Crippen LogP contribution in [-0.2, 0) is 10.0 Å². The van der Waals surface area contributed by atoms with Crippen molar-refractivity contribution in [2.45, 2.75) is 4.90 Å². The van der Waals surface area contributed by atoms with Crippen LogP contribution in [0.5, 0.6) is 11.5 Å². The highest BCUT2D eigenvalue weighted by Crippen LogP contribution is 2.25. The first-order valence-corrected chi connectivity index (χ1v) is 9.86. The Balaban J connectivity index is 1.75. The largest absolute Gasteiger partial charge is 0.497 e. The first-order valence-electron chi connectivity index (χ1n) is 8.42. The molecule has 3 aromatic rings. The van der Waals surface area contributed by atoms with Crippen LogP contribution in [0.2, 0.25) is 0 Å². The van der Waals surface area contributed by atoms with Gasteiger partial charge in [-0.25, -0.2) is 13.2 Å². The van der Waals surface area contributed by atoms with Gasteiger partial charge in [-0.2, -0.15) is 0 Å². The summed E-state index contributed by atoms with van der Waals surface area (Å²) in [6, 6.07) is 21.0. The number of carbonyl (C=O) groups excluding carboxylic acids is 1. The van der Waals surface area contributed by atoms with Gasteiger partial charge in [0.25, 0.3) is 10.0 Å². The van der Waals surface area contributed by atoms with Crippen LogP contribution in [0.15, 0.2) is 83.8 Å². The molecule has 6 nitrogen and oxygen atoms in total. The lowest BCUT2D eigenvalue weighted by Gasteiger charge is -2.19. The van der Waals surface area contributed by atoms with Crippen molar-refractivity contribution in [1.82, 2.24) is 0 Å². The average Bonchev–Trinajstić information content (AvgIpc) is 2.74. The molecule has 0 unspecified atom stereocenters. The zero-order chi connectivity index (χ0) is 20.1. The third-order valence-corrected chi connectivity index (χ3v) is 5.92. The maximum absolute atomic E-state index is 12.7. The fourth-order valence-corrected chi connectivity index (χ4v) is 3.75. The van der Waals surface area contributed by atoms with Crippen LogP contribution in [0.3, 0.4) is 0 Å². The number of sulfonamides is 1. The maximum atomic E-state index is 12.7. The first kappa shape index (κ1) is 19.4. The molecule has 3 rings (SSSR count). The summed E-state index contributed by atoms with van der Waals surface area (Å²) in [6.45, 7) is 0. The van der Waals surface area contributed by atoms with Crippen molar-refractivity contribution in [3.63, 3.8) is 0 Å². The summed E-state index contributed by atoms with van der Waals surface area (Å²) >= 11 is 0. The van der Waals surface area contributed by atoms with Crippen molar-refractivity contribution in [3.8, 4) is 11.5 Å². The smallest absolute Gasteiger partial charge is 0.343 e. The van der Waals surface area contributed by atoms with Crippen LogP contribution in [0, 0.1) is 0 Å². The van der Waals surface area contributed by atoms with Crippen molar-refractivity contribution in [1.29, 1.82) is 0 Å². The number of nitrogens with zero attached hydrogens (tertiary/aromatic N) is 1. The Morgan fingerprint density at radius 1 is 0.857 bits per heavy atom. The van der Waals surface area contributed by atoms with Crippen LogP contribution >= 0.6 is 0 Å². The van der Waals surface area contributed by atoms with Crippen molar-refractivity contribution >= 4 is 21.7 Å². The van der Waals surface area contributed by atoms with Gasteiger partial charge in [-0.05, 0) is 54.6 Å². The number of rotatable bonds is 6. The summed E-state index contributed by atoms with van der Waals surface area (Å²) < 4.78 is 37.0. The van der Waals surface area contributed by atoms with E-state index in [0.717, 1.165) is 0 Å². The lowest BCUT2D eigenvalue weighted by Crippen LogP contribution is -2.26. The van der Waals surface area contributed by atoms with Gasteiger partial charge in [-0.15, -0.1) is 0 Å². The SMILES string of the molecule is COc1cccc(C(=O)Oc2ccc(N(C)S(=O)(=O)c3ccccc3)cc2)c1. The van der Waals surface area contributed by atoms with Gasteiger partial charge in [-0.1, -0.05) is 24.3 Å². The molecule has 0 fully saturated rings. The Bertz CT molecular complexity index is 1060. The molecule has 28 heavy (non-hydrogen) atoms. The second-order valence-corrected chi connectivity index (χ2v) is 7.87. The summed E-state index contributed by atoms with van der Waals surface area (Å²) in [5.41, 5.74) is 0.803. The molecule has 0 radical (unpaired) electrons. The third kappa shape index (κ3) is 4.15. The van der Waals surface area contributed by atoms with Crippen LogP contribution in [0.25, 0.3) is 0 Å². The van der Waals surface area contributed by atoms with E-state index < -0.39 is 16.0 Å². The topological polar surface area (TPSA) is 72.9 Å². The van der Waals surface area contributed by atoms with Gasteiger partial charge in [-0.3, -0.25) is 4.31 Å². The van der Waals surface area contributed by atoms with Crippen molar-refractivity contribution in [2.24, 2.45) is 0 Å². The maximum Gasteiger partial charge on any atom is 0.343 e. The fraction of sp³-hybridized carbons (Fsp3) is 0.0952. The molecule has 0 spiro atoms. The molecule has 0 N–H and O–H groups in total. The molecular formula is C21H19NO5S. The molecule has 0 aliphatic heterocycles. The number of hydrogen-bond acceptors (Lipinski definition) is 5. The average molecular weight is 397 g/mol. The summed E-state index contributed by atoms with van der Waals surface area (Å²) in [7, 11) is -0.678.